The predicted molar refractivity (Wildman–Crippen MR) is 131 cm³/mol. The number of hydrogen-bond donors (Lipinski definition) is 1. The average Bonchev–Trinajstić information content (AvgIpc) is 3.55. The molecule has 11 nitrogen and oxygen atoms in total. The molecule has 0 atom stereocenters. The number of rotatable bonds is 4. The lowest BCUT2D eigenvalue weighted by Crippen LogP contribution is -2.49. The lowest BCUT2D eigenvalue weighted by Gasteiger charge is -2.38. The van der Waals surface area contributed by atoms with Gasteiger partial charge in [-0.25, -0.2) is 14.3 Å². The van der Waals surface area contributed by atoms with Crippen LogP contribution < -0.4 is 10.3 Å². The van der Waals surface area contributed by atoms with Gasteiger partial charge >= 0.3 is 6.18 Å². The number of hydrogen-bond acceptors (Lipinski definition) is 7. The van der Waals surface area contributed by atoms with Crippen molar-refractivity contribution in [2.24, 2.45) is 0 Å². The summed E-state index contributed by atoms with van der Waals surface area (Å²) in [6, 6.07) is 6.02. The fraction of sp³-hybridized carbons (Fsp3) is 0.400. The molecule has 6 rings (SSSR count). The fourth-order valence-corrected chi connectivity index (χ4v) is 4.98. The molecule has 5 heterocycles. The molecule has 0 saturated carbocycles. The average molecular weight is 544 g/mol. The van der Waals surface area contributed by atoms with Crippen molar-refractivity contribution in [3.05, 3.63) is 64.5 Å². The van der Waals surface area contributed by atoms with E-state index in [-0.39, 0.29) is 49.4 Å². The largest absolute Gasteiger partial charge is 0.478 e. The van der Waals surface area contributed by atoms with Gasteiger partial charge < -0.3 is 14.7 Å². The number of ether oxygens (including phenoxy) is 1. The standard InChI is InChI=1S/C25H24F3N7O4/c26-25(27,28)16-2-4-17(5-3-16)35-21-18(13-30-35)22(36)33(15-29-21)14-24(38)6-9-32(10-7-24)23(37)19-12-20-34(31-19)8-1-11-39-20/h2-5,12-13,15,38H,1,6-11,14H2. The number of aliphatic hydroxyl groups is 1. The normalized spacial score (nSPS) is 17.2. The summed E-state index contributed by atoms with van der Waals surface area (Å²) in [6.45, 7) is 1.82. The molecule has 39 heavy (non-hydrogen) atoms. The molecule has 1 N–H and O–H groups in total. The predicted octanol–water partition coefficient (Wildman–Crippen LogP) is 2.25. The Bertz CT molecular complexity index is 1580. The van der Waals surface area contributed by atoms with E-state index >= 15 is 0 Å². The lowest BCUT2D eigenvalue weighted by molar-refractivity contribution is -0.137. The second kappa shape index (κ2) is 9.22. The Morgan fingerprint density at radius 3 is 2.56 bits per heavy atom. The molecule has 0 spiro atoms. The number of carbonyl (C=O) groups excluding carboxylic acids is 1. The summed E-state index contributed by atoms with van der Waals surface area (Å²) in [5.41, 5.74) is -1.66. The van der Waals surface area contributed by atoms with E-state index in [0.717, 1.165) is 18.6 Å². The first kappa shape index (κ1) is 25.1. The number of aromatic nitrogens is 6. The molecular weight excluding hydrogens is 519 g/mol. The molecule has 0 aliphatic carbocycles. The van der Waals surface area contributed by atoms with Crippen LogP contribution in [0.1, 0.15) is 35.3 Å². The van der Waals surface area contributed by atoms with Crippen LogP contribution in [-0.4, -0.2) is 70.3 Å². The number of alkyl halides is 3. The minimum absolute atomic E-state index is 0.0329. The number of amides is 1. The van der Waals surface area contributed by atoms with Gasteiger partial charge in [0.25, 0.3) is 11.5 Å². The van der Waals surface area contributed by atoms with Crippen LogP contribution in [0.25, 0.3) is 16.7 Å². The minimum Gasteiger partial charge on any atom is -0.478 e. The van der Waals surface area contributed by atoms with E-state index in [4.69, 9.17) is 4.74 Å². The Morgan fingerprint density at radius 1 is 1.13 bits per heavy atom. The van der Waals surface area contributed by atoms with E-state index in [1.165, 1.54) is 33.9 Å². The first-order chi connectivity index (χ1) is 18.6. The second-order valence-corrected chi connectivity index (χ2v) is 9.83. The van der Waals surface area contributed by atoms with Gasteiger partial charge in [0.2, 0.25) is 5.88 Å². The summed E-state index contributed by atoms with van der Waals surface area (Å²) >= 11 is 0. The van der Waals surface area contributed by atoms with Crippen LogP contribution in [0.15, 0.2) is 47.7 Å². The van der Waals surface area contributed by atoms with Gasteiger partial charge in [0.15, 0.2) is 11.3 Å². The minimum atomic E-state index is -4.46. The van der Waals surface area contributed by atoms with Crippen LogP contribution in [0.2, 0.25) is 0 Å². The van der Waals surface area contributed by atoms with Gasteiger partial charge in [-0.15, -0.1) is 0 Å². The molecule has 14 heteroatoms. The number of benzene rings is 1. The van der Waals surface area contributed by atoms with E-state index < -0.39 is 22.9 Å². The fourth-order valence-electron chi connectivity index (χ4n) is 4.98. The van der Waals surface area contributed by atoms with Crippen LogP contribution >= 0.6 is 0 Å². The highest BCUT2D eigenvalue weighted by Crippen LogP contribution is 2.30. The van der Waals surface area contributed by atoms with Gasteiger partial charge in [0.05, 0.1) is 36.2 Å². The monoisotopic (exact) mass is 543 g/mol. The molecule has 3 aromatic heterocycles. The van der Waals surface area contributed by atoms with Gasteiger partial charge in [0, 0.05) is 32.1 Å². The van der Waals surface area contributed by atoms with Crippen LogP contribution in [-0.2, 0) is 19.3 Å². The molecule has 1 saturated heterocycles. The topological polar surface area (TPSA) is 120 Å². The summed E-state index contributed by atoms with van der Waals surface area (Å²) in [4.78, 5) is 32.0. The Morgan fingerprint density at radius 2 is 1.87 bits per heavy atom. The van der Waals surface area contributed by atoms with Gasteiger partial charge in [-0.2, -0.15) is 23.4 Å². The Hall–Kier alpha value is -4.20. The molecule has 4 aromatic rings. The highest BCUT2D eigenvalue weighted by atomic mass is 19.4. The molecule has 1 amide bonds. The van der Waals surface area contributed by atoms with Crippen molar-refractivity contribution in [1.29, 1.82) is 0 Å². The summed E-state index contributed by atoms with van der Waals surface area (Å²) in [5, 5.41) is 19.9. The maximum absolute atomic E-state index is 13.2. The van der Waals surface area contributed by atoms with Gasteiger partial charge in [-0.1, -0.05) is 0 Å². The molecule has 2 aliphatic heterocycles. The van der Waals surface area contributed by atoms with Crippen LogP contribution in [0, 0.1) is 0 Å². The Balaban J connectivity index is 1.16. The zero-order valence-corrected chi connectivity index (χ0v) is 20.6. The van der Waals surface area contributed by atoms with E-state index in [9.17, 15) is 27.9 Å². The quantitative estimate of drug-likeness (QED) is 0.419. The molecule has 1 aromatic carbocycles. The van der Waals surface area contributed by atoms with Crippen molar-refractivity contribution in [3.8, 4) is 11.6 Å². The Labute approximate surface area is 219 Å². The number of fused-ring (bicyclic) bond motifs is 2. The van der Waals surface area contributed by atoms with Crippen LogP contribution in [0.4, 0.5) is 13.2 Å². The lowest BCUT2D eigenvalue weighted by atomic mass is 9.91. The summed E-state index contributed by atoms with van der Waals surface area (Å²) in [7, 11) is 0. The molecule has 2 aliphatic rings. The molecule has 0 unspecified atom stereocenters. The van der Waals surface area contributed by atoms with Gasteiger partial charge in [0.1, 0.15) is 11.7 Å². The van der Waals surface area contributed by atoms with Crippen LogP contribution in [0.3, 0.4) is 0 Å². The summed E-state index contributed by atoms with van der Waals surface area (Å²) < 4.78 is 48.5. The second-order valence-electron chi connectivity index (χ2n) is 9.83. The van der Waals surface area contributed by atoms with Crippen molar-refractivity contribution in [2.45, 2.75) is 44.1 Å². The first-order valence-electron chi connectivity index (χ1n) is 12.4. The number of carbonyl (C=O) groups is 1. The zero-order valence-electron chi connectivity index (χ0n) is 20.6. The maximum atomic E-state index is 13.2. The highest BCUT2D eigenvalue weighted by molar-refractivity contribution is 5.92. The number of piperidine rings is 1. The smallest absolute Gasteiger partial charge is 0.416 e. The third-order valence-corrected chi connectivity index (χ3v) is 7.17. The number of halogens is 3. The van der Waals surface area contributed by atoms with Gasteiger partial charge in [-0.05, 0) is 37.1 Å². The van der Waals surface area contributed by atoms with Crippen LogP contribution in [0.5, 0.6) is 5.88 Å². The number of aryl methyl sites for hydroxylation is 1. The van der Waals surface area contributed by atoms with Crippen molar-refractivity contribution in [1.82, 2.24) is 34.0 Å². The van der Waals surface area contributed by atoms with Crippen molar-refractivity contribution < 1.29 is 27.8 Å². The third-order valence-electron chi connectivity index (χ3n) is 7.17. The molecule has 1 fully saturated rings. The van der Waals surface area contributed by atoms with Crippen molar-refractivity contribution >= 4 is 16.9 Å². The summed E-state index contributed by atoms with van der Waals surface area (Å²) in [6.07, 6.45) is -0.546. The number of nitrogens with zero attached hydrogens (tertiary/aromatic N) is 7. The van der Waals surface area contributed by atoms with Crippen molar-refractivity contribution in [3.63, 3.8) is 0 Å². The highest BCUT2D eigenvalue weighted by Gasteiger charge is 2.36. The Kier molecular flexibility index (Phi) is 5.93. The SMILES string of the molecule is O=C(c1cc2n(n1)CCCO2)N1CCC(O)(Cn2cnc3c(cnn3-c3ccc(C(F)(F)F)cc3)c2=O)CC1. The summed E-state index contributed by atoms with van der Waals surface area (Å²) in [5.74, 6) is 0.334. The van der Waals surface area contributed by atoms with E-state index in [2.05, 4.69) is 15.2 Å². The molecule has 0 radical (unpaired) electrons. The third kappa shape index (κ3) is 4.64. The molecule has 0 bridgehead atoms. The molecule has 204 valence electrons. The molecular formula is C25H24F3N7O4. The zero-order chi connectivity index (χ0) is 27.4. The van der Waals surface area contributed by atoms with Crippen molar-refractivity contribution in [2.75, 3.05) is 19.7 Å². The van der Waals surface area contributed by atoms with Gasteiger partial charge in [-0.3, -0.25) is 14.2 Å². The maximum Gasteiger partial charge on any atom is 0.416 e. The van der Waals surface area contributed by atoms with E-state index in [1.54, 1.807) is 15.6 Å². The number of likely N-dealkylation sites (tertiary alicyclic amines) is 1. The van der Waals surface area contributed by atoms with E-state index in [1.807, 2.05) is 0 Å². The first-order valence-corrected chi connectivity index (χ1v) is 12.4. The van der Waals surface area contributed by atoms with E-state index in [0.29, 0.717) is 30.4 Å².